The maximum absolute atomic E-state index is 9.25. The molecule has 2 rings (SSSR count). The molecule has 0 radical (unpaired) electrons. The van der Waals surface area contributed by atoms with Crippen LogP contribution in [0.4, 0.5) is 0 Å². The van der Waals surface area contributed by atoms with Gasteiger partial charge in [0.2, 0.25) is 0 Å². The Balaban J connectivity index is 2.22. The van der Waals surface area contributed by atoms with Gasteiger partial charge in [-0.3, -0.25) is 0 Å². The van der Waals surface area contributed by atoms with E-state index in [2.05, 4.69) is 5.43 Å². The lowest BCUT2D eigenvalue weighted by Gasteiger charge is -2.17. The van der Waals surface area contributed by atoms with Gasteiger partial charge < -0.3 is 9.84 Å². The molecule has 0 saturated heterocycles. The molecule has 0 fully saturated rings. The van der Waals surface area contributed by atoms with Crippen molar-refractivity contribution in [2.75, 3.05) is 20.7 Å². The fourth-order valence-corrected chi connectivity index (χ4v) is 1.62. The first kappa shape index (κ1) is 9.30. The van der Waals surface area contributed by atoms with E-state index in [-0.39, 0.29) is 11.8 Å². The van der Waals surface area contributed by atoms with Crippen molar-refractivity contribution in [3.63, 3.8) is 0 Å². The molecule has 1 unspecified atom stereocenters. The van der Waals surface area contributed by atoms with E-state index in [1.807, 2.05) is 25.2 Å². The number of rotatable bonds is 2. The van der Waals surface area contributed by atoms with E-state index in [9.17, 15) is 5.11 Å². The van der Waals surface area contributed by atoms with Crippen LogP contribution >= 0.6 is 0 Å². The SMILES string of the molecule is CN(C)NC1COc2cc(O)ccc21. The summed E-state index contributed by atoms with van der Waals surface area (Å²) in [6.07, 6.45) is 0. The van der Waals surface area contributed by atoms with Crippen LogP contribution in [-0.4, -0.2) is 30.8 Å². The van der Waals surface area contributed by atoms with Crippen LogP contribution in [0, 0.1) is 0 Å². The normalized spacial score (nSPS) is 19.5. The Morgan fingerprint density at radius 3 is 3.00 bits per heavy atom. The molecule has 1 aliphatic rings. The minimum atomic E-state index is 0.181. The van der Waals surface area contributed by atoms with Crippen LogP contribution in [0.25, 0.3) is 0 Å². The van der Waals surface area contributed by atoms with Gasteiger partial charge in [0.15, 0.2) is 0 Å². The van der Waals surface area contributed by atoms with Gasteiger partial charge in [0.1, 0.15) is 18.1 Å². The van der Waals surface area contributed by atoms with Gasteiger partial charge in [-0.2, -0.15) is 0 Å². The summed E-state index contributed by atoms with van der Waals surface area (Å²) in [5.74, 6) is 1.01. The molecule has 0 spiro atoms. The van der Waals surface area contributed by atoms with E-state index < -0.39 is 0 Å². The lowest BCUT2D eigenvalue weighted by atomic mass is 10.1. The van der Waals surface area contributed by atoms with Gasteiger partial charge in [0, 0.05) is 25.7 Å². The Bertz CT molecular complexity index is 339. The van der Waals surface area contributed by atoms with Crippen LogP contribution in [0.3, 0.4) is 0 Å². The molecule has 0 aromatic heterocycles. The average molecular weight is 194 g/mol. The second-order valence-corrected chi connectivity index (χ2v) is 3.61. The first-order valence-corrected chi connectivity index (χ1v) is 4.56. The molecule has 1 aliphatic heterocycles. The quantitative estimate of drug-likeness (QED) is 0.686. The van der Waals surface area contributed by atoms with Crippen LogP contribution in [0.1, 0.15) is 11.6 Å². The van der Waals surface area contributed by atoms with Gasteiger partial charge >= 0.3 is 0 Å². The van der Waals surface area contributed by atoms with Crippen molar-refractivity contribution in [2.24, 2.45) is 0 Å². The topological polar surface area (TPSA) is 44.7 Å². The maximum Gasteiger partial charge on any atom is 0.128 e. The van der Waals surface area contributed by atoms with Crippen LogP contribution in [0.2, 0.25) is 0 Å². The van der Waals surface area contributed by atoms with Crippen molar-refractivity contribution in [2.45, 2.75) is 6.04 Å². The number of fused-ring (bicyclic) bond motifs is 1. The Morgan fingerprint density at radius 1 is 1.50 bits per heavy atom. The van der Waals surface area contributed by atoms with Crippen LogP contribution in [0.15, 0.2) is 18.2 Å². The number of phenolic OH excluding ortho intramolecular Hbond substituents is 1. The molecule has 4 nitrogen and oxygen atoms in total. The first-order valence-electron chi connectivity index (χ1n) is 4.56. The number of aromatic hydroxyl groups is 1. The van der Waals surface area contributed by atoms with Gasteiger partial charge in [0.05, 0.1) is 6.04 Å². The molecule has 0 aliphatic carbocycles. The Morgan fingerprint density at radius 2 is 2.29 bits per heavy atom. The van der Waals surface area contributed by atoms with E-state index in [0.717, 1.165) is 11.3 Å². The van der Waals surface area contributed by atoms with E-state index in [1.165, 1.54) is 0 Å². The molecule has 1 aromatic carbocycles. The first-order chi connectivity index (χ1) is 6.66. The van der Waals surface area contributed by atoms with E-state index in [0.29, 0.717) is 6.61 Å². The standard InChI is InChI=1S/C10H14N2O2/c1-12(2)11-9-6-14-10-5-7(13)3-4-8(9)10/h3-5,9,11,13H,6H2,1-2H3. The summed E-state index contributed by atoms with van der Waals surface area (Å²) in [4.78, 5) is 0. The largest absolute Gasteiger partial charge is 0.508 e. The molecule has 1 aromatic rings. The molecule has 0 bridgehead atoms. The zero-order valence-corrected chi connectivity index (χ0v) is 8.32. The van der Waals surface area contributed by atoms with E-state index in [4.69, 9.17) is 4.74 Å². The van der Waals surface area contributed by atoms with Gasteiger partial charge in [0.25, 0.3) is 0 Å². The summed E-state index contributed by atoms with van der Waals surface area (Å²) in [7, 11) is 3.89. The monoisotopic (exact) mass is 194 g/mol. The third-order valence-electron chi connectivity index (χ3n) is 2.19. The van der Waals surface area contributed by atoms with Crippen molar-refractivity contribution in [3.8, 4) is 11.5 Å². The van der Waals surface area contributed by atoms with Crippen molar-refractivity contribution >= 4 is 0 Å². The van der Waals surface area contributed by atoms with Crippen LogP contribution in [-0.2, 0) is 0 Å². The highest BCUT2D eigenvalue weighted by Gasteiger charge is 2.24. The molecule has 0 amide bonds. The molecular weight excluding hydrogens is 180 g/mol. The summed E-state index contributed by atoms with van der Waals surface area (Å²) in [6, 6.07) is 5.39. The Hall–Kier alpha value is -1.26. The van der Waals surface area contributed by atoms with Gasteiger partial charge in [-0.15, -0.1) is 0 Å². The lowest BCUT2D eigenvalue weighted by molar-refractivity contribution is 0.208. The molecule has 1 heterocycles. The summed E-state index contributed by atoms with van der Waals surface area (Å²) in [5.41, 5.74) is 4.34. The van der Waals surface area contributed by atoms with E-state index >= 15 is 0 Å². The van der Waals surface area contributed by atoms with Gasteiger partial charge in [-0.1, -0.05) is 0 Å². The van der Waals surface area contributed by atoms with Gasteiger partial charge in [-0.05, 0) is 12.1 Å². The molecule has 2 N–H and O–H groups in total. The minimum Gasteiger partial charge on any atom is -0.508 e. The van der Waals surface area contributed by atoms with Crippen LogP contribution < -0.4 is 10.2 Å². The molecule has 1 atom stereocenters. The molecule has 0 saturated carbocycles. The number of nitrogens with one attached hydrogen (secondary N) is 1. The predicted molar refractivity (Wildman–Crippen MR) is 53.2 cm³/mol. The number of hydrogen-bond donors (Lipinski definition) is 2. The Kier molecular flexibility index (Phi) is 2.31. The fraction of sp³-hybridized carbons (Fsp3) is 0.400. The number of hydrogen-bond acceptors (Lipinski definition) is 4. The van der Waals surface area contributed by atoms with Crippen molar-refractivity contribution in [1.82, 2.24) is 10.4 Å². The minimum absolute atomic E-state index is 0.181. The third kappa shape index (κ3) is 1.66. The van der Waals surface area contributed by atoms with Crippen LogP contribution in [0.5, 0.6) is 11.5 Å². The summed E-state index contributed by atoms with van der Waals surface area (Å²) in [6.45, 7) is 0.608. The molecule has 4 heteroatoms. The number of ether oxygens (including phenoxy) is 1. The molecule has 14 heavy (non-hydrogen) atoms. The fourth-order valence-electron chi connectivity index (χ4n) is 1.62. The van der Waals surface area contributed by atoms with E-state index in [1.54, 1.807) is 12.1 Å². The second-order valence-electron chi connectivity index (χ2n) is 3.61. The zero-order chi connectivity index (χ0) is 10.1. The predicted octanol–water partition coefficient (Wildman–Crippen LogP) is 0.892. The van der Waals surface area contributed by atoms with Gasteiger partial charge in [-0.25, -0.2) is 10.4 Å². The molecule has 76 valence electrons. The highest BCUT2D eigenvalue weighted by atomic mass is 16.5. The lowest BCUT2D eigenvalue weighted by Crippen LogP contribution is -2.34. The maximum atomic E-state index is 9.25. The van der Waals surface area contributed by atoms with Crippen molar-refractivity contribution < 1.29 is 9.84 Å². The number of benzene rings is 1. The summed E-state index contributed by atoms with van der Waals surface area (Å²) < 4.78 is 5.44. The Labute approximate surface area is 83.1 Å². The number of hydrazine groups is 1. The van der Waals surface area contributed by atoms with Crippen molar-refractivity contribution in [1.29, 1.82) is 0 Å². The number of nitrogens with zero attached hydrogens (tertiary/aromatic N) is 1. The second kappa shape index (κ2) is 3.48. The smallest absolute Gasteiger partial charge is 0.128 e. The zero-order valence-electron chi connectivity index (χ0n) is 8.32. The highest BCUT2D eigenvalue weighted by Crippen LogP contribution is 2.34. The summed E-state index contributed by atoms with van der Waals surface area (Å²) >= 11 is 0. The average Bonchev–Trinajstić information content (AvgIpc) is 2.47. The highest BCUT2D eigenvalue weighted by molar-refractivity contribution is 5.44. The third-order valence-corrected chi connectivity index (χ3v) is 2.19. The summed E-state index contributed by atoms with van der Waals surface area (Å²) in [5, 5.41) is 11.2. The van der Waals surface area contributed by atoms with Crippen molar-refractivity contribution in [3.05, 3.63) is 23.8 Å². The molecular formula is C10H14N2O2. The number of phenols is 1.